The normalized spacial score (nSPS) is 12.7. The molecule has 0 spiro atoms. The van der Waals surface area contributed by atoms with Crippen molar-refractivity contribution >= 4 is 34.3 Å². The van der Waals surface area contributed by atoms with Gasteiger partial charge in [0.25, 0.3) is 0 Å². The number of ether oxygens (including phenoxy) is 4. The second-order valence-electron chi connectivity index (χ2n) is 14.9. The van der Waals surface area contributed by atoms with Crippen molar-refractivity contribution in [2.75, 3.05) is 37.1 Å². The lowest BCUT2D eigenvalue weighted by atomic mass is 9.82. The van der Waals surface area contributed by atoms with Gasteiger partial charge in [0, 0.05) is 22.5 Å². The van der Waals surface area contributed by atoms with Gasteiger partial charge >= 0.3 is 0 Å². The zero-order chi connectivity index (χ0) is 39.2. The highest BCUT2D eigenvalue weighted by atomic mass is 16.5. The Morgan fingerprint density at radius 2 is 0.852 bits per heavy atom. The van der Waals surface area contributed by atoms with E-state index in [-0.39, 0.29) is 22.8 Å². The van der Waals surface area contributed by atoms with Gasteiger partial charge in [0.15, 0.2) is 11.6 Å². The minimum atomic E-state index is -0.200. The van der Waals surface area contributed by atoms with Crippen LogP contribution in [0, 0.1) is 27.7 Å². The molecule has 1 aliphatic carbocycles. The monoisotopic (exact) mass is 734 g/mol. The van der Waals surface area contributed by atoms with E-state index in [1.807, 2.05) is 64.1 Å². The molecule has 0 unspecified atom stereocenters. The Bertz CT molecular complexity index is 1800. The zero-order valence-electron chi connectivity index (χ0n) is 33.9. The van der Waals surface area contributed by atoms with E-state index < -0.39 is 0 Å². The standard InChI is InChI=1S/C46H58N2O6/c1-11-45(9,12-2)53-23-21-51-33-25-29(5)41(30(6)26-33)47-37-19-20-38(40-39(37)43(49)35-17-15-16-18-36(35)44(40)50)48-42-31(7)27-34(28-32(42)8)52-22-24-54-46(10,13-3)14-4/h15-20,25-28,47-48H,11-14,21-24H2,1-10H3. The van der Waals surface area contributed by atoms with Crippen LogP contribution in [0.5, 0.6) is 11.5 Å². The molecular formula is C46H58N2O6. The topological polar surface area (TPSA) is 95.1 Å². The average Bonchev–Trinajstić information content (AvgIpc) is 3.17. The number of ketones is 2. The van der Waals surface area contributed by atoms with Crippen LogP contribution in [0.3, 0.4) is 0 Å². The smallest absolute Gasteiger partial charge is 0.196 e. The molecule has 0 fully saturated rings. The molecule has 4 aromatic rings. The van der Waals surface area contributed by atoms with Crippen molar-refractivity contribution in [2.24, 2.45) is 0 Å². The number of carbonyl (C=O) groups is 2. The quantitative estimate of drug-likeness (QED) is 0.0859. The summed E-state index contributed by atoms with van der Waals surface area (Å²) in [6, 6.07) is 18.7. The minimum Gasteiger partial charge on any atom is -0.491 e. The summed E-state index contributed by atoms with van der Waals surface area (Å²) in [5, 5.41) is 7.07. The Kier molecular flexibility index (Phi) is 12.9. The fourth-order valence-corrected chi connectivity index (χ4v) is 6.91. The van der Waals surface area contributed by atoms with Gasteiger partial charge in [-0.25, -0.2) is 0 Å². The van der Waals surface area contributed by atoms with E-state index in [1.54, 1.807) is 24.3 Å². The molecule has 4 aromatic carbocycles. The van der Waals surface area contributed by atoms with Gasteiger partial charge in [-0.05, 0) is 126 Å². The predicted molar refractivity (Wildman–Crippen MR) is 219 cm³/mol. The Morgan fingerprint density at radius 1 is 0.519 bits per heavy atom. The number of nitrogens with one attached hydrogen (secondary N) is 2. The summed E-state index contributed by atoms with van der Waals surface area (Å²) in [5.41, 5.74) is 7.83. The van der Waals surface area contributed by atoms with E-state index in [0.717, 1.165) is 70.8 Å². The Labute approximate surface area is 322 Å². The predicted octanol–water partition coefficient (Wildman–Crippen LogP) is 11.1. The molecule has 0 radical (unpaired) electrons. The molecule has 0 aliphatic heterocycles. The van der Waals surface area contributed by atoms with Gasteiger partial charge in [-0.3, -0.25) is 9.59 Å². The number of carbonyl (C=O) groups excluding carboxylic acids is 2. The third-order valence-corrected chi connectivity index (χ3v) is 11.2. The number of rotatable bonds is 18. The molecule has 8 nitrogen and oxygen atoms in total. The van der Waals surface area contributed by atoms with Gasteiger partial charge in [-0.1, -0.05) is 52.0 Å². The summed E-state index contributed by atoms with van der Waals surface area (Å²) in [7, 11) is 0. The first-order valence-corrected chi connectivity index (χ1v) is 19.4. The average molecular weight is 735 g/mol. The number of hydrogen-bond donors (Lipinski definition) is 2. The first-order chi connectivity index (χ1) is 25.8. The minimum absolute atomic E-state index is 0.148. The molecular weight excluding hydrogens is 677 g/mol. The van der Waals surface area contributed by atoms with E-state index in [0.29, 0.717) is 60.1 Å². The maximum absolute atomic E-state index is 14.3. The Balaban J connectivity index is 1.41. The number of fused-ring (bicyclic) bond motifs is 2. The molecule has 0 aromatic heterocycles. The third kappa shape index (κ3) is 8.82. The zero-order valence-corrected chi connectivity index (χ0v) is 33.9. The van der Waals surface area contributed by atoms with E-state index in [2.05, 4.69) is 52.2 Å². The molecule has 54 heavy (non-hydrogen) atoms. The van der Waals surface area contributed by atoms with Crippen LogP contribution in [-0.4, -0.2) is 49.2 Å². The fraction of sp³-hybridized carbons (Fsp3) is 0.435. The number of hydrogen-bond acceptors (Lipinski definition) is 8. The van der Waals surface area contributed by atoms with Crippen molar-refractivity contribution < 1.29 is 28.5 Å². The summed E-state index contributed by atoms with van der Waals surface area (Å²) >= 11 is 0. The lowest BCUT2D eigenvalue weighted by Gasteiger charge is -2.27. The van der Waals surface area contributed by atoms with Crippen LogP contribution in [0.4, 0.5) is 22.7 Å². The highest BCUT2D eigenvalue weighted by molar-refractivity contribution is 6.32. The van der Waals surface area contributed by atoms with Gasteiger partial charge in [-0.2, -0.15) is 0 Å². The van der Waals surface area contributed by atoms with Gasteiger partial charge < -0.3 is 29.6 Å². The molecule has 8 heteroatoms. The molecule has 5 rings (SSSR count). The van der Waals surface area contributed by atoms with Crippen molar-refractivity contribution in [3.8, 4) is 11.5 Å². The molecule has 0 atom stereocenters. The van der Waals surface area contributed by atoms with E-state index >= 15 is 0 Å². The number of benzene rings is 4. The molecule has 0 amide bonds. The maximum Gasteiger partial charge on any atom is 0.196 e. The molecule has 0 saturated carbocycles. The molecule has 2 N–H and O–H groups in total. The van der Waals surface area contributed by atoms with E-state index in [1.165, 1.54) is 0 Å². The van der Waals surface area contributed by atoms with Crippen LogP contribution in [0.25, 0.3) is 0 Å². The van der Waals surface area contributed by atoms with Crippen LogP contribution >= 0.6 is 0 Å². The molecule has 0 heterocycles. The molecule has 1 aliphatic rings. The van der Waals surface area contributed by atoms with Crippen molar-refractivity contribution in [3.05, 3.63) is 105 Å². The lowest BCUT2D eigenvalue weighted by Crippen LogP contribution is -2.28. The van der Waals surface area contributed by atoms with Crippen molar-refractivity contribution in [1.82, 2.24) is 0 Å². The summed E-state index contributed by atoms with van der Waals surface area (Å²) in [6.07, 6.45) is 3.77. The first kappa shape index (κ1) is 40.5. The Morgan fingerprint density at radius 3 is 1.17 bits per heavy atom. The lowest BCUT2D eigenvalue weighted by molar-refractivity contribution is -0.0475. The maximum atomic E-state index is 14.3. The SMILES string of the molecule is CCC(C)(CC)OCCOc1cc(C)c(Nc2ccc(Nc3c(C)cc(OCCOC(C)(CC)CC)cc3C)c3c2C(=O)c2ccccc2C3=O)c(C)c1. The van der Waals surface area contributed by atoms with Gasteiger partial charge in [-0.15, -0.1) is 0 Å². The largest absolute Gasteiger partial charge is 0.491 e. The van der Waals surface area contributed by atoms with Crippen molar-refractivity contribution in [1.29, 1.82) is 0 Å². The number of aryl methyl sites for hydroxylation is 4. The van der Waals surface area contributed by atoms with Crippen LogP contribution in [0.15, 0.2) is 60.7 Å². The Hall–Kier alpha value is -4.66. The van der Waals surface area contributed by atoms with Crippen molar-refractivity contribution in [3.63, 3.8) is 0 Å². The van der Waals surface area contributed by atoms with E-state index in [4.69, 9.17) is 18.9 Å². The second-order valence-corrected chi connectivity index (χ2v) is 14.9. The summed E-state index contributed by atoms with van der Waals surface area (Å²) in [6.45, 7) is 22.7. The molecule has 0 saturated heterocycles. The molecule has 288 valence electrons. The fourth-order valence-electron chi connectivity index (χ4n) is 6.91. The summed E-state index contributed by atoms with van der Waals surface area (Å²) < 4.78 is 24.4. The van der Waals surface area contributed by atoms with Gasteiger partial charge in [0.1, 0.15) is 24.7 Å². The van der Waals surface area contributed by atoms with Crippen LogP contribution in [-0.2, 0) is 9.47 Å². The molecule has 0 bridgehead atoms. The third-order valence-electron chi connectivity index (χ3n) is 11.2. The summed E-state index contributed by atoms with van der Waals surface area (Å²) in [5.74, 6) is 1.10. The van der Waals surface area contributed by atoms with Crippen LogP contribution in [0.1, 0.15) is 121 Å². The van der Waals surface area contributed by atoms with Gasteiger partial charge in [0.05, 0.1) is 46.9 Å². The van der Waals surface area contributed by atoms with Crippen LogP contribution < -0.4 is 20.1 Å². The van der Waals surface area contributed by atoms with E-state index in [9.17, 15) is 9.59 Å². The number of anilines is 4. The summed E-state index contributed by atoms with van der Waals surface area (Å²) in [4.78, 5) is 28.6. The van der Waals surface area contributed by atoms with Crippen molar-refractivity contribution in [2.45, 2.75) is 106 Å². The van der Waals surface area contributed by atoms with Gasteiger partial charge in [0.2, 0.25) is 0 Å². The highest BCUT2D eigenvalue weighted by Gasteiger charge is 2.34. The van der Waals surface area contributed by atoms with Crippen LogP contribution in [0.2, 0.25) is 0 Å². The highest BCUT2D eigenvalue weighted by Crippen LogP contribution is 2.41. The first-order valence-electron chi connectivity index (χ1n) is 19.4. The second kappa shape index (κ2) is 17.2.